The highest BCUT2D eigenvalue weighted by atomic mass is 16.5. The van der Waals surface area contributed by atoms with E-state index >= 15 is 0 Å². The fourth-order valence-electron chi connectivity index (χ4n) is 2.03. The highest BCUT2D eigenvalue weighted by Crippen LogP contribution is 2.51. The Labute approximate surface area is 95.3 Å². The molecule has 1 aromatic carbocycles. The number of ether oxygens (including phenoxy) is 1. The van der Waals surface area contributed by atoms with E-state index in [0.29, 0.717) is 5.75 Å². The van der Waals surface area contributed by atoms with Crippen LogP contribution < -0.4 is 4.74 Å². The predicted molar refractivity (Wildman–Crippen MR) is 60.6 cm³/mol. The Morgan fingerprint density at radius 3 is 2.62 bits per heavy atom. The molecule has 0 saturated heterocycles. The summed E-state index contributed by atoms with van der Waals surface area (Å²) in [7, 11) is 1.59. The molecule has 16 heavy (non-hydrogen) atoms. The molecule has 0 heterocycles. The molecule has 0 aliphatic heterocycles. The standard InChI is InChI=1S/C13H15NO2/c1-3-9-6-10(13(8-14)4-5-13)11(15)7-12(9)16-2/h6-7,15H,3-5H2,1-2H3. The molecule has 84 valence electrons. The van der Waals surface area contributed by atoms with Crippen molar-refractivity contribution >= 4 is 0 Å². The minimum absolute atomic E-state index is 0.174. The van der Waals surface area contributed by atoms with E-state index in [2.05, 4.69) is 6.07 Å². The first-order valence-electron chi connectivity index (χ1n) is 5.48. The molecule has 0 radical (unpaired) electrons. The molecule has 0 atom stereocenters. The van der Waals surface area contributed by atoms with Crippen molar-refractivity contribution in [2.75, 3.05) is 7.11 Å². The quantitative estimate of drug-likeness (QED) is 0.846. The Morgan fingerprint density at radius 1 is 1.50 bits per heavy atom. The highest BCUT2D eigenvalue weighted by molar-refractivity contribution is 5.53. The number of phenolic OH excluding ortho intramolecular Hbond substituents is 1. The van der Waals surface area contributed by atoms with Crippen LogP contribution in [0, 0.1) is 11.3 Å². The van der Waals surface area contributed by atoms with Crippen LogP contribution in [0.25, 0.3) is 0 Å². The van der Waals surface area contributed by atoms with Gasteiger partial charge in [0, 0.05) is 11.6 Å². The van der Waals surface area contributed by atoms with Gasteiger partial charge in [0.1, 0.15) is 11.5 Å². The smallest absolute Gasteiger partial charge is 0.125 e. The number of nitriles is 1. The summed E-state index contributed by atoms with van der Waals surface area (Å²) >= 11 is 0. The molecule has 0 unspecified atom stereocenters. The number of hydrogen-bond acceptors (Lipinski definition) is 3. The molecule has 0 bridgehead atoms. The Bertz CT molecular complexity index is 456. The third kappa shape index (κ3) is 1.51. The topological polar surface area (TPSA) is 53.2 Å². The third-order valence-corrected chi connectivity index (χ3v) is 3.26. The number of aryl methyl sites for hydroxylation is 1. The van der Waals surface area contributed by atoms with Crippen molar-refractivity contribution in [3.05, 3.63) is 23.3 Å². The first-order chi connectivity index (χ1) is 7.66. The van der Waals surface area contributed by atoms with Crippen molar-refractivity contribution in [3.8, 4) is 17.6 Å². The van der Waals surface area contributed by atoms with Crippen LogP contribution in [0.15, 0.2) is 12.1 Å². The third-order valence-electron chi connectivity index (χ3n) is 3.26. The number of benzene rings is 1. The summed E-state index contributed by atoms with van der Waals surface area (Å²) in [4.78, 5) is 0. The fraction of sp³-hybridized carbons (Fsp3) is 0.462. The van der Waals surface area contributed by atoms with E-state index in [9.17, 15) is 5.11 Å². The van der Waals surface area contributed by atoms with Gasteiger partial charge < -0.3 is 9.84 Å². The lowest BCUT2D eigenvalue weighted by Gasteiger charge is -2.14. The molecule has 1 aromatic rings. The van der Waals surface area contributed by atoms with Crippen LogP contribution in [0.2, 0.25) is 0 Å². The predicted octanol–water partition coefficient (Wildman–Crippen LogP) is 2.52. The lowest BCUT2D eigenvalue weighted by atomic mass is 9.93. The summed E-state index contributed by atoms with van der Waals surface area (Å²) in [5.74, 6) is 0.866. The molecule has 3 heteroatoms. The maximum Gasteiger partial charge on any atom is 0.125 e. The zero-order valence-corrected chi connectivity index (χ0v) is 9.58. The van der Waals surface area contributed by atoms with E-state index < -0.39 is 5.41 Å². The molecule has 2 rings (SSSR count). The normalized spacial score (nSPS) is 16.6. The highest BCUT2D eigenvalue weighted by Gasteiger charge is 2.47. The first kappa shape index (κ1) is 10.8. The summed E-state index contributed by atoms with van der Waals surface area (Å²) < 4.78 is 5.20. The van der Waals surface area contributed by atoms with Gasteiger partial charge in [-0.05, 0) is 30.9 Å². The second kappa shape index (κ2) is 3.71. The number of rotatable bonds is 3. The van der Waals surface area contributed by atoms with Gasteiger partial charge in [-0.15, -0.1) is 0 Å². The molecule has 1 N–H and O–H groups in total. The number of nitrogens with zero attached hydrogens (tertiary/aromatic N) is 1. The largest absolute Gasteiger partial charge is 0.507 e. The Kier molecular flexibility index (Phi) is 2.51. The first-order valence-corrected chi connectivity index (χ1v) is 5.48. The van der Waals surface area contributed by atoms with Gasteiger partial charge in [-0.1, -0.05) is 6.92 Å². The molecule has 0 spiro atoms. The molecule has 0 amide bonds. The van der Waals surface area contributed by atoms with Crippen molar-refractivity contribution in [3.63, 3.8) is 0 Å². The molecule has 1 fully saturated rings. The molecule has 1 aliphatic carbocycles. The van der Waals surface area contributed by atoms with Crippen molar-refractivity contribution in [1.29, 1.82) is 5.26 Å². The molecule has 1 aliphatic rings. The number of phenols is 1. The van der Waals surface area contributed by atoms with Gasteiger partial charge in [0.2, 0.25) is 0 Å². The van der Waals surface area contributed by atoms with E-state index in [-0.39, 0.29) is 5.75 Å². The monoisotopic (exact) mass is 217 g/mol. The molecule has 3 nitrogen and oxygen atoms in total. The Hall–Kier alpha value is -1.69. The van der Waals surface area contributed by atoms with Crippen molar-refractivity contribution in [2.45, 2.75) is 31.6 Å². The van der Waals surface area contributed by atoms with Gasteiger partial charge in [0.15, 0.2) is 0 Å². The van der Waals surface area contributed by atoms with Crippen LogP contribution >= 0.6 is 0 Å². The van der Waals surface area contributed by atoms with E-state index in [1.165, 1.54) is 0 Å². The lowest BCUT2D eigenvalue weighted by molar-refractivity contribution is 0.401. The summed E-state index contributed by atoms with van der Waals surface area (Å²) in [6.07, 6.45) is 2.51. The number of hydrogen-bond donors (Lipinski definition) is 1. The van der Waals surface area contributed by atoms with Gasteiger partial charge >= 0.3 is 0 Å². The van der Waals surface area contributed by atoms with Crippen LogP contribution in [0.1, 0.15) is 30.9 Å². The van der Waals surface area contributed by atoms with E-state index in [1.54, 1.807) is 13.2 Å². The van der Waals surface area contributed by atoms with Gasteiger partial charge in [0.25, 0.3) is 0 Å². The van der Waals surface area contributed by atoms with Crippen LogP contribution in [-0.2, 0) is 11.8 Å². The van der Waals surface area contributed by atoms with E-state index in [4.69, 9.17) is 10.00 Å². The SMILES string of the molecule is CCc1cc(C2(C#N)CC2)c(O)cc1OC. The van der Waals surface area contributed by atoms with Gasteiger partial charge in [-0.3, -0.25) is 0 Å². The van der Waals surface area contributed by atoms with Crippen LogP contribution in [0.3, 0.4) is 0 Å². The van der Waals surface area contributed by atoms with Crippen molar-refractivity contribution < 1.29 is 9.84 Å². The average Bonchev–Trinajstić information content (AvgIpc) is 3.09. The molecule has 0 aromatic heterocycles. The summed E-state index contributed by atoms with van der Waals surface area (Å²) in [6, 6.07) is 5.82. The second-order valence-corrected chi connectivity index (χ2v) is 4.23. The summed E-state index contributed by atoms with van der Waals surface area (Å²) in [6.45, 7) is 2.03. The number of aromatic hydroxyl groups is 1. The molecule has 1 saturated carbocycles. The van der Waals surface area contributed by atoms with Crippen LogP contribution in [0.4, 0.5) is 0 Å². The molecular weight excluding hydrogens is 202 g/mol. The second-order valence-electron chi connectivity index (χ2n) is 4.23. The van der Waals surface area contributed by atoms with E-state index in [1.807, 2.05) is 13.0 Å². The molecular formula is C13H15NO2. The maximum absolute atomic E-state index is 9.92. The van der Waals surface area contributed by atoms with Gasteiger partial charge in [0.05, 0.1) is 18.6 Å². The number of methoxy groups -OCH3 is 1. The van der Waals surface area contributed by atoms with Crippen molar-refractivity contribution in [1.82, 2.24) is 0 Å². The van der Waals surface area contributed by atoms with E-state index in [0.717, 1.165) is 30.4 Å². The van der Waals surface area contributed by atoms with Gasteiger partial charge in [-0.25, -0.2) is 0 Å². The fourth-order valence-corrected chi connectivity index (χ4v) is 2.03. The van der Waals surface area contributed by atoms with Crippen LogP contribution in [-0.4, -0.2) is 12.2 Å². The Morgan fingerprint density at radius 2 is 2.19 bits per heavy atom. The minimum atomic E-state index is -0.444. The minimum Gasteiger partial charge on any atom is -0.507 e. The maximum atomic E-state index is 9.92. The summed E-state index contributed by atoms with van der Waals surface area (Å²) in [5, 5.41) is 19.1. The van der Waals surface area contributed by atoms with Crippen LogP contribution in [0.5, 0.6) is 11.5 Å². The van der Waals surface area contributed by atoms with Crippen molar-refractivity contribution in [2.24, 2.45) is 0 Å². The zero-order valence-electron chi connectivity index (χ0n) is 9.58. The lowest BCUT2D eigenvalue weighted by Crippen LogP contribution is -2.04. The summed E-state index contributed by atoms with van der Waals surface area (Å²) in [5.41, 5.74) is 1.35. The Balaban J connectivity index is 2.52. The average molecular weight is 217 g/mol. The zero-order chi connectivity index (χ0) is 11.8. The van der Waals surface area contributed by atoms with Gasteiger partial charge in [-0.2, -0.15) is 5.26 Å².